The summed E-state index contributed by atoms with van der Waals surface area (Å²) in [4.78, 5) is 26.6. The fourth-order valence-corrected chi connectivity index (χ4v) is 2.42. The number of nitrogens with zero attached hydrogens (tertiary/aromatic N) is 1. The summed E-state index contributed by atoms with van der Waals surface area (Å²) < 4.78 is 0. The van der Waals surface area contributed by atoms with Gasteiger partial charge in [-0.3, -0.25) is 14.6 Å². The number of fused-ring (bicyclic) bond motifs is 1. The monoisotopic (exact) mass is 306 g/mol. The zero-order valence-corrected chi connectivity index (χ0v) is 12.3. The first-order chi connectivity index (χ1) is 9.99. The van der Waals surface area contributed by atoms with Crippen molar-refractivity contribution in [2.45, 2.75) is 26.2 Å². The number of hydrogen-bond donors (Lipinski definition) is 2. The van der Waals surface area contributed by atoms with Crippen molar-refractivity contribution < 1.29 is 14.7 Å². The summed E-state index contributed by atoms with van der Waals surface area (Å²) in [5.74, 6) is -1.17. The van der Waals surface area contributed by atoms with Crippen LogP contribution in [0.3, 0.4) is 0 Å². The molecule has 2 N–H and O–H groups in total. The van der Waals surface area contributed by atoms with Crippen LogP contribution < -0.4 is 5.32 Å². The lowest BCUT2D eigenvalue weighted by atomic mass is 10.1. The summed E-state index contributed by atoms with van der Waals surface area (Å²) in [6.07, 6.45) is 2.08. The Kier molecular flexibility index (Phi) is 4.75. The molecule has 0 atom stereocenters. The third kappa shape index (κ3) is 3.70. The number of amides is 1. The van der Waals surface area contributed by atoms with E-state index in [0.717, 1.165) is 16.5 Å². The molecule has 0 bridgehead atoms. The van der Waals surface area contributed by atoms with E-state index in [-0.39, 0.29) is 18.7 Å². The summed E-state index contributed by atoms with van der Waals surface area (Å²) in [6, 6.07) is 5.37. The molecule has 6 heteroatoms. The van der Waals surface area contributed by atoms with Crippen molar-refractivity contribution in [2.24, 2.45) is 0 Å². The SMILES string of the molecule is Cc1cc(Cl)c(NC(=O)CCCC(=O)O)c2cccnc12. The van der Waals surface area contributed by atoms with Crippen LogP contribution in [0.15, 0.2) is 24.4 Å². The number of carbonyl (C=O) groups excluding carboxylic acids is 1. The summed E-state index contributed by atoms with van der Waals surface area (Å²) in [6.45, 7) is 1.90. The third-order valence-electron chi connectivity index (χ3n) is 3.09. The van der Waals surface area contributed by atoms with Crippen molar-refractivity contribution in [3.05, 3.63) is 35.0 Å². The lowest BCUT2D eigenvalue weighted by Gasteiger charge is -2.12. The Labute approximate surface area is 126 Å². The molecule has 0 saturated heterocycles. The number of carboxylic acid groups (broad SMARTS) is 1. The van der Waals surface area contributed by atoms with E-state index >= 15 is 0 Å². The Bertz CT molecular complexity index is 701. The quantitative estimate of drug-likeness (QED) is 0.887. The first-order valence-corrected chi connectivity index (χ1v) is 6.92. The largest absolute Gasteiger partial charge is 0.481 e. The maximum atomic E-state index is 11.9. The van der Waals surface area contributed by atoms with Gasteiger partial charge >= 0.3 is 5.97 Å². The van der Waals surface area contributed by atoms with Gasteiger partial charge in [-0.15, -0.1) is 0 Å². The van der Waals surface area contributed by atoms with Gasteiger partial charge in [0.15, 0.2) is 0 Å². The van der Waals surface area contributed by atoms with E-state index in [1.165, 1.54) is 0 Å². The molecule has 2 aromatic rings. The van der Waals surface area contributed by atoms with Crippen LogP contribution in [0.4, 0.5) is 5.69 Å². The van der Waals surface area contributed by atoms with Crippen LogP contribution in [0.5, 0.6) is 0 Å². The van der Waals surface area contributed by atoms with E-state index in [4.69, 9.17) is 16.7 Å². The molecular formula is C15H15ClN2O3. The van der Waals surface area contributed by atoms with E-state index in [0.29, 0.717) is 17.1 Å². The molecular weight excluding hydrogens is 292 g/mol. The van der Waals surface area contributed by atoms with Crippen molar-refractivity contribution >= 4 is 40.1 Å². The number of aliphatic carboxylic acids is 1. The second-order valence-electron chi connectivity index (χ2n) is 4.75. The number of carbonyl (C=O) groups is 2. The molecule has 21 heavy (non-hydrogen) atoms. The number of benzene rings is 1. The highest BCUT2D eigenvalue weighted by Crippen LogP contribution is 2.32. The molecule has 1 amide bonds. The Morgan fingerprint density at radius 3 is 2.86 bits per heavy atom. The van der Waals surface area contributed by atoms with E-state index in [2.05, 4.69) is 10.3 Å². The van der Waals surface area contributed by atoms with Gasteiger partial charge in [-0.2, -0.15) is 0 Å². The van der Waals surface area contributed by atoms with Crippen molar-refractivity contribution in [3.8, 4) is 0 Å². The Morgan fingerprint density at radius 2 is 2.14 bits per heavy atom. The first-order valence-electron chi connectivity index (χ1n) is 6.54. The zero-order chi connectivity index (χ0) is 15.4. The molecule has 0 aliphatic heterocycles. The predicted octanol–water partition coefficient (Wildman–Crippen LogP) is 3.39. The summed E-state index contributed by atoms with van der Waals surface area (Å²) in [5, 5.41) is 12.5. The van der Waals surface area contributed by atoms with Gasteiger partial charge in [-0.05, 0) is 37.1 Å². The molecule has 1 aromatic carbocycles. The molecule has 0 saturated carbocycles. The van der Waals surface area contributed by atoms with Crippen LogP contribution >= 0.6 is 11.6 Å². The number of halogens is 1. The Balaban J connectivity index is 2.22. The molecule has 2 rings (SSSR count). The van der Waals surface area contributed by atoms with Gasteiger partial charge in [-0.1, -0.05) is 11.6 Å². The molecule has 0 fully saturated rings. The van der Waals surface area contributed by atoms with Gasteiger partial charge < -0.3 is 10.4 Å². The van der Waals surface area contributed by atoms with Crippen LogP contribution in [0.1, 0.15) is 24.8 Å². The topological polar surface area (TPSA) is 79.3 Å². The number of carboxylic acids is 1. The van der Waals surface area contributed by atoms with Gasteiger partial charge in [0.25, 0.3) is 0 Å². The van der Waals surface area contributed by atoms with Crippen LogP contribution in [0, 0.1) is 6.92 Å². The van der Waals surface area contributed by atoms with Crippen molar-refractivity contribution in [1.29, 1.82) is 0 Å². The van der Waals surface area contributed by atoms with Gasteiger partial charge in [-0.25, -0.2) is 0 Å². The molecule has 110 valence electrons. The van der Waals surface area contributed by atoms with Gasteiger partial charge in [0.2, 0.25) is 5.91 Å². The summed E-state index contributed by atoms with van der Waals surface area (Å²) in [5.41, 5.74) is 2.23. The van der Waals surface area contributed by atoms with Gasteiger partial charge in [0.1, 0.15) is 0 Å². The van der Waals surface area contributed by atoms with Gasteiger partial charge in [0, 0.05) is 24.4 Å². The Hall–Kier alpha value is -2.14. The lowest BCUT2D eigenvalue weighted by molar-refractivity contribution is -0.137. The minimum absolute atomic E-state index is 0.0304. The molecule has 0 radical (unpaired) electrons. The number of rotatable bonds is 5. The predicted molar refractivity (Wildman–Crippen MR) is 81.6 cm³/mol. The second kappa shape index (κ2) is 6.54. The molecule has 0 spiro atoms. The maximum absolute atomic E-state index is 11.9. The molecule has 0 aliphatic rings. The minimum atomic E-state index is -0.911. The fraction of sp³-hybridized carbons (Fsp3) is 0.267. The normalized spacial score (nSPS) is 10.6. The van der Waals surface area contributed by atoms with Crippen molar-refractivity contribution in [1.82, 2.24) is 4.98 Å². The number of aryl methyl sites for hydroxylation is 1. The second-order valence-corrected chi connectivity index (χ2v) is 5.15. The van der Waals surface area contributed by atoms with E-state index < -0.39 is 5.97 Å². The summed E-state index contributed by atoms with van der Waals surface area (Å²) >= 11 is 6.20. The van der Waals surface area contributed by atoms with E-state index in [1.54, 1.807) is 18.3 Å². The molecule has 0 aliphatic carbocycles. The lowest BCUT2D eigenvalue weighted by Crippen LogP contribution is -2.13. The fourth-order valence-electron chi connectivity index (χ4n) is 2.11. The molecule has 5 nitrogen and oxygen atoms in total. The Morgan fingerprint density at radius 1 is 1.38 bits per heavy atom. The first kappa shape index (κ1) is 15.3. The van der Waals surface area contributed by atoms with Crippen LogP contribution in [-0.4, -0.2) is 22.0 Å². The zero-order valence-electron chi connectivity index (χ0n) is 11.5. The number of hydrogen-bond acceptors (Lipinski definition) is 3. The number of aromatic nitrogens is 1. The maximum Gasteiger partial charge on any atom is 0.303 e. The van der Waals surface area contributed by atoms with Crippen molar-refractivity contribution in [3.63, 3.8) is 0 Å². The average Bonchev–Trinajstić information content (AvgIpc) is 2.43. The smallest absolute Gasteiger partial charge is 0.303 e. The minimum Gasteiger partial charge on any atom is -0.481 e. The highest BCUT2D eigenvalue weighted by atomic mass is 35.5. The number of anilines is 1. The van der Waals surface area contributed by atoms with Crippen LogP contribution in [-0.2, 0) is 9.59 Å². The number of pyridine rings is 1. The number of nitrogens with one attached hydrogen (secondary N) is 1. The highest BCUT2D eigenvalue weighted by molar-refractivity contribution is 6.35. The van der Waals surface area contributed by atoms with E-state index in [1.807, 2.05) is 13.0 Å². The highest BCUT2D eigenvalue weighted by Gasteiger charge is 2.12. The van der Waals surface area contributed by atoms with Crippen LogP contribution in [0.25, 0.3) is 10.9 Å². The van der Waals surface area contributed by atoms with Crippen molar-refractivity contribution in [2.75, 3.05) is 5.32 Å². The average molecular weight is 307 g/mol. The van der Waals surface area contributed by atoms with Gasteiger partial charge in [0.05, 0.1) is 16.2 Å². The standard InChI is InChI=1S/C15H15ClN2O3/c1-9-8-11(16)15(10-4-3-7-17-14(9)10)18-12(19)5-2-6-13(20)21/h3-4,7-8H,2,5-6H2,1H3,(H,18,19)(H,20,21). The van der Waals surface area contributed by atoms with E-state index in [9.17, 15) is 9.59 Å². The third-order valence-corrected chi connectivity index (χ3v) is 3.39. The molecule has 0 unspecified atom stereocenters. The molecule has 1 aromatic heterocycles. The van der Waals surface area contributed by atoms with Crippen LogP contribution in [0.2, 0.25) is 5.02 Å². The summed E-state index contributed by atoms with van der Waals surface area (Å²) in [7, 11) is 0. The molecule has 1 heterocycles.